The van der Waals surface area contributed by atoms with Crippen LogP contribution < -0.4 is 0 Å². The van der Waals surface area contributed by atoms with Gasteiger partial charge in [0, 0.05) is 13.0 Å². The second kappa shape index (κ2) is 5.71. The standard InChI is InChI=1S/C11H15ClN2O/c1-3-5-6-10-13-11(12)9(8-15)14(10)7-4-2/h4,8H,2-3,5-7H2,1H3. The first kappa shape index (κ1) is 12.0. The molecule has 0 saturated heterocycles. The van der Waals surface area contributed by atoms with Gasteiger partial charge in [0.15, 0.2) is 11.4 Å². The zero-order valence-corrected chi connectivity index (χ0v) is 9.63. The summed E-state index contributed by atoms with van der Waals surface area (Å²) in [4.78, 5) is 15.0. The van der Waals surface area contributed by atoms with Gasteiger partial charge >= 0.3 is 0 Å². The lowest BCUT2D eigenvalue weighted by molar-refractivity contribution is 0.111. The van der Waals surface area contributed by atoms with E-state index in [4.69, 9.17) is 11.6 Å². The predicted molar refractivity (Wildman–Crippen MR) is 61.4 cm³/mol. The lowest BCUT2D eigenvalue weighted by Gasteiger charge is -2.05. The van der Waals surface area contributed by atoms with Gasteiger partial charge in [-0.2, -0.15) is 0 Å². The molecule has 82 valence electrons. The topological polar surface area (TPSA) is 34.9 Å². The fourth-order valence-corrected chi connectivity index (χ4v) is 1.70. The van der Waals surface area contributed by atoms with Crippen LogP contribution in [0.15, 0.2) is 12.7 Å². The molecule has 0 aliphatic carbocycles. The summed E-state index contributed by atoms with van der Waals surface area (Å²) in [5.41, 5.74) is 0.447. The van der Waals surface area contributed by atoms with Crippen molar-refractivity contribution in [2.24, 2.45) is 0 Å². The van der Waals surface area contributed by atoms with Crippen molar-refractivity contribution in [2.45, 2.75) is 32.7 Å². The number of carbonyl (C=O) groups excluding carboxylic acids is 1. The number of aryl methyl sites for hydroxylation is 1. The van der Waals surface area contributed by atoms with Crippen LogP contribution in [0, 0.1) is 0 Å². The van der Waals surface area contributed by atoms with E-state index in [1.165, 1.54) is 0 Å². The van der Waals surface area contributed by atoms with Gasteiger partial charge in [0.25, 0.3) is 0 Å². The number of nitrogens with zero attached hydrogens (tertiary/aromatic N) is 2. The summed E-state index contributed by atoms with van der Waals surface area (Å²) in [5, 5.41) is 0.290. The second-order valence-electron chi connectivity index (χ2n) is 3.32. The summed E-state index contributed by atoms with van der Waals surface area (Å²) >= 11 is 5.87. The number of carbonyl (C=O) groups is 1. The van der Waals surface area contributed by atoms with Gasteiger partial charge in [-0.3, -0.25) is 4.79 Å². The third kappa shape index (κ3) is 2.69. The first-order valence-electron chi connectivity index (χ1n) is 5.05. The largest absolute Gasteiger partial charge is 0.321 e. The third-order valence-electron chi connectivity index (χ3n) is 2.22. The molecule has 0 aliphatic heterocycles. The van der Waals surface area contributed by atoms with Gasteiger partial charge in [0.2, 0.25) is 0 Å². The molecule has 0 aliphatic rings. The van der Waals surface area contributed by atoms with Gasteiger partial charge in [-0.15, -0.1) is 6.58 Å². The van der Waals surface area contributed by atoms with Crippen LogP contribution in [0.5, 0.6) is 0 Å². The lowest BCUT2D eigenvalue weighted by Crippen LogP contribution is -2.05. The van der Waals surface area contributed by atoms with E-state index >= 15 is 0 Å². The van der Waals surface area contributed by atoms with Gasteiger partial charge < -0.3 is 4.57 Å². The van der Waals surface area contributed by atoms with E-state index in [1.807, 2.05) is 4.57 Å². The minimum Gasteiger partial charge on any atom is -0.321 e. The Morgan fingerprint density at radius 1 is 1.60 bits per heavy atom. The van der Waals surface area contributed by atoms with Crippen molar-refractivity contribution >= 4 is 17.9 Å². The highest BCUT2D eigenvalue weighted by Gasteiger charge is 2.13. The third-order valence-corrected chi connectivity index (χ3v) is 2.50. The van der Waals surface area contributed by atoms with E-state index in [0.29, 0.717) is 12.2 Å². The van der Waals surface area contributed by atoms with Crippen molar-refractivity contribution in [1.29, 1.82) is 0 Å². The Morgan fingerprint density at radius 2 is 2.33 bits per heavy atom. The molecule has 4 heteroatoms. The zero-order chi connectivity index (χ0) is 11.3. The van der Waals surface area contributed by atoms with Gasteiger partial charge in [0.1, 0.15) is 11.5 Å². The number of aldehydes is 1. The van der Waals surface area contributed by atoms with Crippen molar-refractivity contribution in [3.63, 3.8) is 0 Å². The quantitative estimate of drug-likeness (QED) is 0.552. The molecule has 0 spiro atoms. The van der Waals surface area contributed by atoms with Crippen LogP contribution in [0.4, 0.5) is 0 Å². The summed E-state index contributed by atoms with van der Waals surface area (Å²) in [6.45, 7) is 6.34. The Hall–Kier alpha value is -1.09. The van der Waals surface area contributed by atoms with Crippen LogP contribution in [-0.2, 0) is 13.0 Å². The zero-order valence-electron chi connectivity index (χ0n) is 8.87. The van der Waals surface area contributed by atoms with Crippen LogP contribution in [-0.4, -0.2) is 15.8 Å². The van der Waals surface area contributed by atoms with E-state index in [1.54, 1.807) is 6.08 Å². The number of unbranched alkanes of at least 4 members (excludes halogenated alkanes) is 1. The Labute approximate surface area is 94.8 Å². The molecule has 1 rings (SSSR count). The molecule has 0 bridgehead atoms. The fourth-order valence-electron chi connectivity index (χ4n) is 1.45. The van der Waals surface area contributed by atoms with Crippen LogP contribution in [0.2, 0.25) is 5.15 Å². The first-order chi connectivity index (χ1) is 7.24. The number of aromatic nitrogens is 2. The molecule has 0 saturated carbocycles. The molecule has 0 aromatic carbocycles. The Bertz CT molecular complexity index is 358. The molecule has 0 radical (unpaired) electrons. The van der Waals surface area contributed by atoms with E-state index in [9.17, 15) is 4.79 Å². The van der Waals surface area contributed by atoms with Gasteiger partial charge in [-0.1, -0.05) is 31.0 Å². The van der Waals surface area contributed by atoms with E-state index in [2.05, 4.69) is 18.5 Å². The number of allylic oxidation sites excluding steroid dienone is 1. The minimum atomic E-state index is 0.290. The molecule has 3 nitrogen and oxygen atoms in total. The lowest BCUT2D eigenvalue weighted by atomic mass is 10.2. The van der Waals surface area contributed by atoms with Crippen molar-refractivity contribution in [3.05, 3.63) is 29.3 Å². The summed E-state index contributed by atoms with van der Waals surface area (Å²) < 4.78 is 1.82. The molecular formula is C11H15ClN2O. The van der Waals surface area contributed by atoms with E-state index in [0.717, 1.165) is 31.4 Å². The molecule has 0 fully saturated rings. The number of imidazole rings is 1. The summed E-state index contributed by atoms with van der Waals surface area (Å²) in [6.07, 6.45) is 5.46. The number of hydrogen-bond donors (Lipinski definition) is 0. The molecular weight excluding hydrogens is 212 g/mol. The molecule has 0 N–H and O–H groups in total. The molecule has 15 heavy (non-hydrogen) atoms. The fraction of sp³-hybridized carbons (Fsp3) is 0.455. The number of rotatable bonds is 6. The Balaban J connectivity index is 3.02. The summed E-state index contributed by atoms with van der Waals surface area (Å²) in [6, 6.07) is 0. The highest BCUT2D eigenvalue weighted by atomic mass is 35.5. The number of hydrogen-bond acceptors (Lipinski definition) is 2. The summed E-state index contributed by atoms with van der Waals surface area (Å²) in [7, 11) is 0. The normalized spacial score (nSPS) is 10.3. The SMILES string of the molecule is C=CCn1c(CCCC)nc(Cl)c1C=O. The van der Waals surface area contributed by atoms with Crippen molar-refractivity contribution < 1.29 is 4.79 Å². The smallest absolute Gasteiger partial charge is 0.169 e. The molecule has 0 amide bonds. The van der Waals surface area contributed by atoms with Gasteiger partial charge in [-0.05, 0) is 6.42 Å². The Kier molecular flexibility index (Phi) is 4.56. The maximum Gasteiger partial charge on any atom is 0.169 e. The molecule has 0 atom stereocenters. The average Bonchev–Trinajstić information content (AvgIpc) is 2.52. The van der Waals surface area contributed by atoms with Crippen molar-refractivity contribution in [1.82, 2.24) is 9.55 Å². The highest BCUT2D eigenvalue weighted by molar-refractivity contribution is 6.31. The Morgan fingerprint density at radius 3 is 2.87 bits per heavy atom. The van der Waals surface area contributed by atoms with Crippen LogP contribution in [0.25, 0.3) is 0 Å². The van der Waals surface area contributed by atoms with E-state index < -0.39 is 0 Å². The van der Waals surface area contributed by atoms with Crippen molar-refractivity contribution in [2.75, 3.05) is 0 Å². The molecule has 1 aromatic rings. The maximum atomic E-state index is 10.8. The predicted octanol–water partition coefficient (Wildman–Crippen LogP) is 2.88. The molecule has 0 unspecified atom stereocenters. The van der Waals surface area contributed by atoms with Gasteiger partial charge in [0.05, 0.1) is 0 Å². The van der Waals surface area contributed by atoms with Crippen molar-refractivity contribution in [3.8, 4) is 0 Å². The van der Waals surface area contributed by atoms with Crippen LogP contribution in [0.1, 0.15) is 36.1 Å². The second-order valence-corrected chi connectivity index (χ2v) is 3.68. The minimum absolute atomic E-state index is 0.290. The first-order valence-corrected chi connectivity index (χ1v) is 5.43. The van der Waals surface area contributed by atoms with Crippen LogP contribution >= 0.6 is 11.6 Å². The van der Waals surface area contributed by atoms with E-state index in [-0.39, 0.29) is 5.15 Å². The number of halogens is 1. The summed E-state index contributed by atoms with van der Waals surface area (Å²) in [5.74, 6) is 0.865. The van der Waals surface area contributed by atoms with Crippen LogP contribution in [0.3, 0.4) is 0 Å². The maximum absolute atomic E-state index is 10.8. The van der Waals surface area contributed by atoms with Gasteiger partial charge in [-0.25, -0.2) is 4.98 Å². The monoisotopic (exact) mass is 226 g/mol. The molecule has 1 aromatic heterocycles. The average molecular weight is 227 g/mol. The molecule has 1 heterocycles. The highest BCUT2D eigenvalue weighted by Crippen LogP contribution is 2.17.